The fraction of sp³-hybridized carbons (Fsp3) is 0.733. The normalized spacial score (nSPS) is 16.6. The van der Waals surface area contributed by atoms with Gasteiger partial charge in [-0.1, -0.05) is 6.92 Å². The Kier molecular flexibility index (Phi) is 5.98. The SMILES string of the molecule is CCCc1ncc(C(=O)N2CCC(CCNC)CC2)s1. The number of hydrogen-bond donors (Lipinski definition) is 1. The van der Waals surface area contributed by atoms with E-state index in [9.17, 15) is 4.79 Å². The van der Waals surface area contributed by atoms with Crippen molar-refractivity contribution < 1.29 is 4.79 Å². The molecule has 0 saturated carbocycles. The molecule has 20 heavy (non-hydrogen) atoms. The summed E-state index contributed by atoms with van der Waals surface area (Å²) in [6, 6.07) is 0. The van der Waals surface area contributed by atoms with Crippen molar-refractivity contribution in [1.82, 2.24) is 15.2 Å². The van der Waals surface area contributed by atoms with E-state index in [1.807, 2.05) is 11.9 Å². The summed E-state index contributed by atoms with van der Waals surface area (Å²) in [4.78, 5) is 19.6. The van der Waals surface area contributed by atoms with E-state index in [2.05, 4.69) is 17.2 Å². The molecule has 0 atom stereocenters. The predicted molar refractivity (Wildman–Crippen MR) is 83.3 cm³/mol. The fourth-order valence-corrected chi connectivity index (χ4v) is 3.65. The van der Waals surface area contributed by atoms with Crippen LogP contribution in [0.15, 0.2) is 6.20 Å². The summed E-state index contributed by atoms with van der Waals surface area (Å²) in [5.41, 5.74) is 0. The zero-order chi connectivity index (χ0) is 14.4. The number of piperidine rings is 1. The van der Waals surface area contributed by atoms with Crippen LogP contribution in [0.2, 0.25) is 0 Å². The quantitative estimate of drug-likeness (QED) is 0.877. The zero-order valence-corrected chi connectivity index (χ0v) is 13.3. The van der Waals surface area contributed by atoms with Gasteiger partial charge in [0.05, 0.1) is 11.2 Å². The molecule has 0 radical (unpaired) electrons. The Balaban J connectivity index is 1.84. The third kappa shape index (κ3) is 4.03. The summed E-state index contributed by atoms with van der Waals surface area (Å²) >= 11 is 1.56. The van der Waals surface area contributed by atoms with Gasteiger partial charge < -0.3 is 10.2 Å². The van der Waals surface area contributed by atoms with Gasteiger partial charge in [-0.2, -0.15) is 0 Å². The molecule has 1 aromatic heterocycles. The van der Waals surface area contributed by atoms with Crippen LogP contribution >= 0.6 is 11.3 Å². The molecule has 112 valence electrons. The van der Waals surface area contributed by atoms with Crippen molar-refractivity contribution in [3.05, 3.63) is 16.1 Å². The highest BCUT2D eigenvalue weighted by atomic mass is 32.1. The van der Waals surface area contributed by atoms with Gasteiger partial charge in [-0.25, -0.2) is 4.98 Å². The van der Waals surface area contributed by atoms with Gasteiger partial charge in [0.15, 0.2) is 0 Å². The van der Waals surface area contributed by atoms with Crippen LogP contribution in [0.4, 0.5) is 0 Å². The summed E-state index contributed by atoms with van der Waals surface area (Å²) in [5.74, 6) is 0.945. The molecule has 1 aliphatic heterocycles. The molecular weight excluding hydrogens is 270 g/mol. The average molecular weight is 295 g/mol. The first-order valence-corrected chi connectivity index (χ1v) is 8.44. The lowest BCUT2D eigenvalue weighted by atomic mass is 9.93. The molecule has 0 aliphatic carbocycles. The molecule has 5 heteroatoms. The Hall–Kier alpha value is -0.940. The van der Waals surface area contributed by atoms with Crippen LogP contribution in [0.5, 0.6) is 0 Å². The van der Waals surface area contributed by atoms with Crippen molar-refractivity contribution in [2.75, 3.05) is 26.7 Å². The van der Waals surface area contributed by atoms with Gasteiger partial charge in [-0.3, -0.25) is 4.79 Å². The molecule has 2 heterocycles. The number of hydrogen-bond acceptors (Lipinski definition) is 4. The van der Waals surface area contributed by atoms with E-state index in [0.29, 0.717) is 0 Å². The van der Waals surface area contributed by atoms with E-state index < -0.39 is 0 Å². The summed E-state index contributed by atoms with van der Waals surface area (Å²) < 4.78 is 0. The lowest BCUT2D eigenvalue weighted by molar-refractivity contribution is 0.0692. The monoisotopic (exact) mass is 295 g/mol. The molecule has 2 rings (SSSR count). The van der Waals surface area contributed by atoms with E-state index in [0.717, 1.165) is 61.1 Å². The standard InChI is InChI=1S/C15H25N3OS/c1-3-4-14-17-11-13(20-14)15(19)18-9-6-12(7-10-18)5-8-16-2/h11-12,16H,3-10H2,1-2H3. The number of carbonyl (C=O) groups is 1. The van der Waals surface area contributed by atoms with Crippen LogP contribution in [0.3, 0.4) is 0 Å². The second-order valence-electron chi connectivity index (χ2n) is 5.50. The van der Waals surface area contributed by atoms with Crippen LogP contribution in [0.1, 0.15) is 47.3 Å². The van der Waals surface area contributed by atoms with Gasteiger partial charge in [-0.05, 0) is 51.6 Å². The number of rotatable bonds is 6. The van der Waals surface area contributed by atoms with E-state index in [4.69, 9.17) is 0 Å². The van der Waals surface area contributed by atoms with Crippen molar-refractivity contribution in [2.24, 2.45) is 5.92 Å². The minimum Gasteiger partial charge on any atom is -0.338 e. The number of nitrogens with zero attached hydrogens (tertiary/aromatic N) is 2. The number of amides is 1. The van der Waals surface area contributed by atoms with E-state index in [1.165, 1.54) is 6.42 Å². The number of carbonyl (C=O) groups excluding carboxylic acids is 1. The van der Waals surface area contributed by atoms with Gasteiger partial charge in [0.2, 0.25) is 0 Å². The molecular formula is C15H25N3OS. The topological polar surface area (TPSA) is 45.2 Å². The zero-order valence-electron chi connectivity index (χ0n) is 12.5. The van der Waals surface area contributed by atoms with Gasteiger partial charge >= 0.3 is 0 Å². The largest absolute Gasteiger partial charge is 0.338 e. The molecule has 1 aliphatic rings. The highest BCUT2D eigenvalue weighted by Crippen LogP contribution is 2.23. The summed E-state index contributed by atoms with van der Waals surface area (Å²) in [6.07, 6.45) is 7.30. The minimum atomic E-state index is 0.178. The first-order chi connectivity index (χ1) is 9.74. The van der Waals surface area contributed by atoms with Crippen LogP contribution in [0, 0.1) is 5.92 Å². The Morgan fingerprint density at radius 1 is 1.50 bits per heavy atom. The van der Waals surface area contributed by atoms with Crippen molar-refractivity contribution in [3.8, 4) is 0 Å². The van der Waals surface area contributed by atoms with Crippen molar-refractivity contribution in [2.45, 2.75) is 39.0 Å². The first kappa shape index (κ1) is 15.4. The van der Waals surface area contributed by atoms with E-state index >= 15 is 0 Å². The third-order valence-electron chi connectivity index (χ3n) is 3.93. The molecule has 1 aromatic rings. The Labute approximate surface area is 125 Å². The molecule has 4 nitrogen and oxygen atoms in total. The maximum atomic E-state index is 12.4. The molecule has 0 bridgehead atoms. The molecule has 1 amide bonds. The molecule has 0 aromatic carbocycles. The number of aromatic nitrogens is 1. The Morgan fingerprint density at radius 2 is 2.25 bits per heavy atom. The van der Waals surface area contributed by atoms with Crippen molar-refractivity contribution in [1.29, 1.82) is 0 Å². The number of likely N-dealkylation sites (tertiary alicyclic amines) is 1. The van der Waals surface area contributed by atoms with Crippen LogP contribution in [-0.2, 0) is 6.42 Å². The van der Waals surface area contributed by atoms with Crippen LogP contribution in [-0.4, -0.2) is 42.5 Å². The van der Waals surface area contributed by atoms with Gasteiger partial charge in [0, 0.05) is 13.1 Å². The fourth-order valence-electron chi connectivity index (χ4n) is 2.67. The highest BCUT2D eigenvalue weighted by Gasteiger charge is 2.24. The minimum absolute atomic E-state index is 0.178. The maximum absolute atomic E-state index is 12.4. The van der Waals surface area contributed by atoms with Crippen LogP contribution in [0.25, 0.3) is 0 Å². The van der Waals surface area contributed by atoms with Gasteiger partial charge in [0.25, 0.3) is 5.91 Å². The summed E-state index contributed by atoms with van der Waals surface area (Å²) in [6.45, 7) is 5.01. The molecule has 1 N–H and O–H groups in total. The van der Waals surface area contributed by atoms with Gasteiger partial charge in [0.1, 0.15) is 4.88 Å². The smallest absolute Gasteiger partial charge is 0.265 e. The van der Waals surface area contributed by atoms with Crippen LogP contribution < -0.4 is 5.32 Å². The number of aryl methyl sites for hydroxylation is 1. The van der Waals surface area contributed by atoms with Crippen molar-refractivity contribution >= 4 is 17.2 Å². The lowest BCUT2D eigenvalue weighted by Crippen LogP contribution is -2.38. The molecule has 0 spiro atoms. The molecule has 0 unspecified atom stereocenters. The maximum Gasteiger partial charge on any atom is 0.265 e. The Bertz CT molecular complexity index is 425. The highest BCUT2D eigenvalue weighted by molar-refractivity contribution is 7.13. The lowest BCUT2D eigenvalue weighted by Gasteiger charge is -2.31. The van der Waals surface area contributed by atoms with Crippen molar-refractivity contribution in [3.63, 3.8) is 0 Å². The number of thiazole rings is 1. The average Bonchev–Trinajstić information content (AvgIpc) is 2.94. The van der Waals surface area contributed by atoms with Gasteiger partial charge in [-0.15, -0.1) is 11.3 Å². The third-order valence-corrected chi connectivity index (χ3v) is 4.98. The summed E-state index contributed by atoms with van der Waals surface area (Å²) in [5, 5.41) is 4.29. The summed E-state index contributed by atoms with van der Waals surface area (Å²) in [7, 11) is 2.00. The second kappa shape index (κ2) is 7.74. The van der Waals surface area contributed by atoms with E-state index in [-0.39, 0.29) is 5.91 Å². The number of nitrogens with one attached hydrogen (secondary N) is 1. The molecule has 1 saturated heterocycles. The second-order valence-corrected chi connectivity index (χ2v) is 6.61. The first-order valence-electron chi connectivity index (χ1n) is 7.63. The molecule has 1 fully saturated rings. The van der Waals surface area contributed by atoms with E-state index in [1.54, 1.807) is 17.5 Å². The predicted octanol–water partition coefficient (Wildman–Crippen LogP) is 2.56. The Morgan fingerprint density at radius 3 is 2.90 bits per heavy atom.